The van der Waals surface area contributed by atoms with Gasteiger partial charge in [-0.2, -0.15) is 6.08 Å². The van der Waals surface area contributed by atoms with Crippen LogP contribution in [0.2, 0.25) is 0 Å². The van der Waals surface area contributed by atoms with E-state index in [9.17, 15) is 0 Å². The molecule has 0 saturated heterocycles. The third kappa shape index (κ3) is 22.4. The normalized spacial score (nSPS) is 10.8. The summed E-state index contributed by atoms with van der Waals surface area (Å²) in [7, 11) is 1.32. The van der Waals surface area contributed by atoms with E-state index in [1.165, 1.54) is 25.4 Å². The van der Waals surface area contributed by atoms with Crippen LogP contribution in [0.4, 0.5) is 0 Å². The molecule has 0 fully saturated rings. The number of hydrogen-bond donors (Lipinski definition) is 1. The fourth-order valence-corrected chi connectivity index (χ4v) is 0.482. The van der Waals surface area contributed by atoms with Gasteiger partial charge in [0.15, 0.2) is 0 Å². The Balaban J connectivity index is -0.0000000489. The first-order valence-electron chi connectivity index (χ1n) is 2.93. The molecular weight excluding hydrogens is 236 g/mol. The van der Waals surface area contributed by atoms with E-state index in [0.717, 1.165) is 0 Å². The third-order valence-electron chi connectivity index (χ3n) is 0.810. The Morgan fingerprint density at radius 3 is 2.00 bits per heavy atom. The van der Waals surface area contributed by atoms with E-state index in [2.05, 4.69) is 18.2 Å². The largest absolute Gasteiger partial charge is 2.00 e. The number of allylic oxidation sites excluding steroid dienone is 4. The summed E-state index contributed by atoms with van der Waals surface area (Å²) in [6, 6.07) is 0. The Morgan fingerprint density at radius 1 is 1.42 bits per heavy atom. The summed E-state index contributed by atoms with van der Waals surface area (Å²) in [5, 5.41) is 8.68. The molecular formula is C8H14Mn2NO-. The number of hydroxylamine groups is 1. The van der Waals surface area contributed by atoms with E-state index in [-0.39, 0.29) is 41.6 Å². The van der Waals surface area contributed by atoms with Gasteiger partial charge in [0.25, 0.3) is 0 Å². The molecule has 1 aliphatic carbocycles. The molecule has 72 valence electrons. The van der Waals surface area contributed by atoms with Gasteiger partial charge in [-0.15, -0.1) is 0 Å². The van der Waals surface area contributed by atoms with Gasteiger partial charge in [-0.25, -0.2) is 12.2 Å². The first-order chi connectivity index (χ1) is 4.41. The average Bonchev–Trinajstić information content (AvgIpc) is 1.93. The van der Waals surface area contributed by atoms with Crippen molar-refractivity contribution in [2.75, 3.05) is 7.05 Å². The van der Waals surface area contributed by atoms with Gasteiger partial charge in [-0.1, -0.05) is 12.8 Å². The first kappa shape index (κ1) is 22.9. The van der Waals surface area contributed by atoms with Crippen LogP contribution in [0.15, 0.2) is 18.2 Å². The molecule has 1 aliphatic rings. The van der Waals surface area contributed by atoms with Crippen LogP contribution in [-0.2, 0) is 34.1 Å². The summed E-state index contributed by atoms with van der Waals surface area (Å²) in [6.45, 7) is 0. The molecule has 2 radical (unpaired) electrons. The van der Waals surface area contributed by atoms with Gasteiger partial charge in [-0.3, -0.25) is 6.08 Å². The molecule has 0 amide bonds. The second kappa shape index (κ2) is 22.5. The molecule has 0 saturated carbocycles. The second-order valence-corrected chi connectivity index (χ2v) is 1.55. The molecule has 0 aromatic carbocycles. The second-order valence-electron chi connectivity index (χ2n) is 1.55. The van der Waals surface area contributed by atoms with Crippen molar-refractivity contribution in [1.29, 1.82) is 0 Å². The molecule has 0 atom stereocenters. The van der Waals surface area contributed by atoms with Gasteiger partial charge in [0, 0.05) is 17.1 Å². The summed E-state index contributed by atoms with van der Waals surface area (Å²) in [5.74, 6) is 0. The molecule has 0 unspecified atom stereocenters. The SMILES string of the molecule is CN[O-].[C-]1=CCCC=C1.[CH3-].[Mn+2].[Mn]. The van der Waals surface area contributed by atoms with Crippen molar-refractivity contribution in [1.82, 2.24) is 5.48 Å². The molecule has 0 aliphatic heterocycles. The van der Waals surface area contributed by atoms with Crippen LogP contribution in [0.5, 0.6) is 0 Å². The van der Waals surface area contributed by atoms with Gasteiger partial charge >= 0.3 is 17.1 Å². The maximum atomic E-state index is 8.68. The van der Waals surface area contributed by atoms with Crippen LogP contribution < -0.4 is 5.48 Å². The van der Waals surface area contributed by atoms with Crippen molar-refractivity contribution in [2.45, 2.75) is 12.8 Å². The molecule has 1 rings (SSSR count). The van der Waals surface area contributed by atoms with Gasteiger partial charge in [0.05, 0.1) is 0 Å². The molecule has 1 N–H and O–H groups in total. The topological polar surface area (TPSA) is 35.1 Å². The van der Waals surface area contributed by atoms with Crippen LogP contribution in [0, 0.1) is 18.7 Å². The van der Waals surface area contributed by atoms with Crippen molar-refractivity contribution in [2.24, 2.45) is 0 Å². The van der Waals surface area contributed by atoms with E-state index >= 15 is 0 Å². The van der Waals surface area contributed by atoms with Crippen molar-refractivity contribution in [3.63, 3.8) is 0 Å². The fraction of sp³-hybridized carbons (Fsp3) is 0.375. The first-order valence-corrected chi connectivity index (χ1v) is 2.93. The third-order valence-corrected chi connectivity index (χ3v) is 0.810. The van der Waals surface area contributed by atoms with Crippen LogP contribution in [-0.4, -0.2) is 7.05 Å². The predicted octanol–water partition coefficient (Wildman–Crippen LogP) is 1.84. The Morgan fingerprint density at radius 2 is 1.92 bits per heavy atom. The smallest absolute Gasteiger partial charge is 0.788 e. The Labute approximate surface area is 96.4 Å². The number of nitrogens with one attached hydrogen (secondary N) is 1. The number of rotatable bonds is 0. The minimum absolute atomic E-state index is 0. The predicted molar refractivity (Wildman–Crippen MR) is 45.0 cm³/mol. The van der Waals surface area contributed by atoms with E-state index in [1.807, 2.05) is 6.08 Å². The minimum atomic E-state index is 0. The summed E-state index contributed by atoms with van der Waals surface area (Å²) < 4.78 is 0. The van der Waals surface area contributed by atoms with Gasteiger partial charge in [0.2, 0.25) is 0 Å². The summed E-state index contributed by atoms with van der Waals surface area (Å²) >= 11 is 0. The molecule has 0 heterocycles. The molecule has 2 nitrogen and oxygen atoms in total. The number of hydrogen-bond acceptors (Lipinski definition) is 2. The van der Waals surface area contributed by atoms with E-state index in [0.29, 0.717) is 0 Å². The van der Waals surface area contributed by atoms with E-state index < -0.39 is 0 Å². The van der Waals surface area contributed by atoms with Crippen molar-refractivity contribution >= 4 is 0 Å². The standard InChI is InChI=1S/C6H7.CH4NO.CH3.2Mn/c1-2-4-6-5-3-1;1-2-3;;;/h1-2,6H,3,5H2;2H,1H3;1H3;;/q3*-1;;+2. The molecule has 0 aromatic rings. The van der Waals surface area contributed by atoms with Crippen molar-refractivity contribution < 1.29 is 34.1 Å². The minimum Gasteiger partial charge on any atom is -0.788 e. The molecule has 0 aromatic heterocycles. The van der Waals surface area contributed by atoms with Gasteiger partial charge < -0.3 is 18.1 Å². The maximum Gasteiger partial charge on any atom is 2.00 e. The maximum absolute atomic E-state index is 8.68. The Bertz CT molecular complexity index is 93.2. The van der Waals surface area contributed by atoms with Crippen LogP contribution in [0.3, 0.4) is 0 Å². The van der Waals surface area contributed by atoms with Gasteiger partial charge in [-0.05, 0) is 7.05 Å². The quantitative estimate of drug-likeness (QED) is 0.404. The van der Waals surface area contributed by atoms with Crippen LogP contribution in [0.1, 0.15) is 12.8 Å². The average molecular weight is 250 g/mol. The summed E-state index contributed by atoms with van der Waals surface area (Å²) in [6.07, 6.45) is 11.5. The molecule has 0 bridgehead atoms. The van der Waals surface area contributed by atoms with Crippen LogP contribution in [0.25, 0.3) is 0 Å². The molecule has 0 spiro atoms. The zero-order chi connectivity index (χ0) is 6.95. The van der Waals surface area contributed by atoms with Gasteiger partial charge in [0.1, 0.15) is 0 Å². The van der Waals surface area contributed by atoms with Crippen LogP contribution >= 0.6 is 0 Å². The van der Waals surface area contributed by atoms with Crippen molar-refractivity contribution in [3.05, 3.63) is 36.9 Å². The Kier molecular flexibility index (Phi) is 42.9. The molecule has 4 heteroatoms. The van der Waals surface area contributed by atoms with Crippen molar-refractivity contribution in [3.8, 4) is 0 Å². The monoisotopic (exact) mass is 250 g/mol. The van der Waals surface area contributed by atoms with E-state index in [4.69, 9.17) is 5.21 Å². The summed E-state index contributed by atoms with van der Waals surface area (Å²) in [4.78, 5) is 0. The van der Waals surface area contributed by atoms with E-state index in [1.54, 1.807) is 0 Å². The zero-order valence-corrected chi connectivity index (χ0v) is 9.67. The fourth-order valence-electron chi connectivity index (χ4n) is 0.482. The Hall–Kier alpha value is 0.439. The zero-order valence-electron chi connectivity index (χ0n) is 7.31. The summed E-state index contributed by atoms with van der Waals surface area (Å²) in [5.41, 5.74) is 1.50. The molecule has 12 heavy (non-hydrogen) atoms.